The first-order valence-corrected chi connectivity index (χ1v) is 7.03. The monoisotopic (exact) mass is 329 g/mol. The van der Waals surface area contributed by atoms with Crippen molar-refractivity contribution in [2.75, 3.05) is 20.3 Å². The normalized spacial score (nSPS) is 12.0. The lowest BCUT2D eigenvalue weighted by atomic mass is 10.2. The number of ether oxygens (including phenoxy) is 2. The van der Waals surface area contributed by atoms with Crippen LogP contribution in [0.2, 0.25) is 0 Å². The largest absolute Gasteiger partial charge is 0.480 e. The molecule has 0 radical (unpaired) electrons. The van der Waals surface area contributed by atoms with E-state index in [2.05, 4.69) is 21.2 Å². The van der Waals surface area contributed by atoms with E-state index in [0.29, 0.717) is 18.9 Å². The fourth-order valence-electron chi connectivity index (χ4n) is 1.52. The van der Waals surface area contributed by atoms with E-state index in [9.17, 15) is 4.79 Å². The van der Waals surface area contributed by atoms with Crippen LogP contribution in [-0.2, 0) is 9.53 Å². The van der Waals surface area contributed by atoms with Crippen LogP contribution < -0.4 is 10.1 Å². The summed E-state index contributed by atoms with van der Waals surface area (Å²) >= 11 is 3.42. The van der Waals surface area contributed by atoms with Crippen molar-refractivity contribution in [1.82, 2.24) is 5.32 Å². The minimum absolute atomic E-state index is 0.122. The molecule has 1 N–H and O–H groups in total. The van der Waals surface area contributed by atoms with Crippen LogP contribution in [-0.4, -0.2) is 32.3 Å². The Morgan fingerprint density at radius 1 is 1.47 bits per heavy atom. The van der Waals surface area contributed by atoms with Gasteiger partial charge in [-0.15, -0.1) is 0 Å². The molecule has 1 atom stereocenters. The number of carbonyl (C=O) groups is 1. The first kappa shape index (κ1) is 16.0. The van der Waals surface area contributed by atoms with Crippen LogP contribution in [0.25, 0.3) is 0 Å². The van der Waals surface area contributed by atoms with E-state index in [-0.39, 0.29) is 5.91 Å². The maximum Gasteiger partial charge on any atom is 0.260 e. The number of nitrogens with one attached hydrogen (secondary N) is 1. The number of aryl methyl sites for hydroxylation is 1. The third-order valence-corrected chi connectivity index (χ3v) is 3.20. The average Bonchev–Trinajstić information content (AvgIpc) is 2.37. The van der Waals surface area contributed by atoms with Crippen molar-refractivity contribution in [3.8, 4) is 5.75 Å². The maximum atomic E-state index is 11.8. The molecule has 5 heteroatoms. The predicted octanol–water partition coefficient (Wildman–Crippen LogP) is 2.68. The van der Waals surface area contributed by atoms with Crippen LogP contribution in [0, 0.1) is 6.92 Å². The number of rotatable bonds is 7. The third kappa shape index (κ3) is 5.61. The Hall–Kier alpha value is -1.07. The zero-order valence-corrected chi connectivity index (χ0v) is 13.1. The summed E-state index contributed by atoms with van der Waals surface area (Å²) in [5.74, 6) is 0.550. The summed E-state index contributed by atoms with van der Waals surface area (Å²) < 4.78 is 11.4. The van der Waals surface area contributed by atoms with Crippen LogP contribution in [0.15, 0.2) is 22.7 Å². The molecule has 0 fully saturated rings. The van der Waals surface area contributed by atoms with Crippen LogP contribution in [0.1, 0.15) is 18.9 Å². The Kier molecular flexibility index (Phi) is 6.87. The molecule has 1 aromatic rings. The highest BCUT2D eigenvalue weighted by Crippen LogP contribution is 2.26. The first-order valence-electron chi connectivity index (χ1n) is 6.24. The standard InChI is InChI=1S/C14H20BrNO3/c1-10-5-6-13(12(15)9-10)19-11(2)14(17)16-7-4-8-18-3/h5-6,9,11H,4,7-8H2,1-3H3,(H,16,17). The quantitative estimate of drug-likeness (QED) is 0.782. The Labute approximate surface area is 122 Å². The molecule has 1 unspecified atom stereocenters. The second-order valence-electron chi connectivity index (χ2n) is 4.33. The number of hydrogen-bond acceptors (Lipinski definition) is 3. The van der Waals surface area contributed by atoms with Gasteiger partial charge in [-0.3, -0.25) is 4.79 Å². The minimum Gasteiger partial charge on any atom is -0.480 e. The molecule has 0 aromatic heterocycles. The van der Waals surface area contributed by atoms with E-state index in [0.717, 1.165) is 16.5 Å². The SMILES string of the molecule is COCCCNC(=O)C(C)Oc1ccc(C)cc1Br. The Morgan fingerprint density at radius 2 is 2.21 bits per heavy atom. The highest BCUT2D eigenvalue weighted by Gasteiger charge is 2.15. The topological polar surface area (TPSA) is 47.6 Å². The lowest BCUT2D eigenvalue weighted by Gasteiger charge is -2.16. The smallest absolute Gasteiger partial charge is 0.260 e. The third-order valence-electron chi connectivity index (χ3n) is 2.58. The molecule has 4 nitrogen and oxygen atoms in total. The molecule has 0 aliphatic rings. The number of amides is 1. The number of methoxy groups -OCH3 is 1. The molecule has 0 heterocycles. The molecule has 1 amide bonds. The van der Waals surface area contributed by atoms with Gasteiger partial charge in [0.2, 0.25) is 0 Å². The molecule has 1 rings (SSSR count). The van der Waals surface area contributed by atoms with Gasteiger partial charge in [-0.05, 0) is 53.9 Å². The molecule has 0 saturated carbocycles. The molecule has 1 aromatic carbocycles. The van der Waals surface area contributed by atoms with Crippen molar-refractivity contribution in [3.05, 3.63) is 28.2 Å². The van der Waals surface area contributed by atoms with Gasteiger partial charge in [-0.1, -0.05) is 6.07 Å². The zero-order chi connectivity index (χ0) is 14.3. The summed E-state index contributed by atoms with van der Waals surface area (Å²) in [5, 5.41) is 2.81. The van der Waals surface area contributed by atoms with Gasteiger partial charge in [0.25, 0.3) is 5.91 Å². The maximum absolute atomic E-state index is 11.8. The second kappa shape index (κ2) is 8.17. The summed E-state index contributed by atoms with van der Waals surface area (Å²) in [6.07, 6.45) is 0.268. The Balaban J connectivity index is 2.45. The molecule has 19 heavy (non-hydrogen) atoms. The number of benzene rings is 1. The van der Waals surface area contributed by atoms with Crippen molar-refractivity contribution in [2.45, 2.75) is 26.4 Å². The molecular weight excluding hydrogens is 310 g/mol. The molecule has 0 bridgehead atoms. The van der Waals surface area contributed by atoms with Gasteiger partial charge in [-0.25, -0.2) is 0 Å². The van der Waals surface area contributed by atoms with Crippen molar-refractivity contribution in [2.24, 2.45) is 0 Å². The number of hydrogen-bond donors (Lipinski definition) is 1. The summed E-state index contributed by atoms with van der Waals surface area (Å²) in [5.41, 5.74) is 1.14. The Morgan fingerprint density at radius 3 is 2.84 bits per heavy atom. The highest BCUT2D eigenvalue weighted by atomic mass is 79.9. The van der Waals surface area contributed by atoms with Gasteiger partial charge in [0.1, 0.15) is 5.75 Å². The van der Waals surface area contributed by atoms with E-state index >= 15 is 0 Å². The van der Waals surface area contributed by atoms with Crippen molar-refractivity contribution >= 4 is 21.8 Å². The summed E-state index contributed by atoms with van der Waals surface area (Å²) in [6, 6.07) is 5.76. The molecular formula is C14H20BrNO3. The van der Waals surface area contributed by atoms with Gasteiger partial charge in [0.05, 0.1) is 4.47 Å². The lowest BCUT2D eigenvalue weighted by molar-refractivity contribution is -0.127. The van der Waals surface area contributed by atoms with E-state index in [1.165, 1.54) is 0 Å². The van der Waals surface area contributed by atoms with Crippen LogP contribution >= 0.6 is 15.9 Å². The fourth-order valence-corrected chi connectivity index (χ4v) is 2.10. The zero-order valence-electron chi connectivity index (χ0n) is 11.5. The van der Waals surface area contributed by atoms with Gasteiger partial charge in [-0.2, -0.15) is 0 Å². The second-order valence-corrected chi connectivity index (χ2v) is 5.19. The van der Waals surface area contributed by atoms with Gasteiger partial charge < -0.3 is 14.8 Å². The predicted molar refractivity (Wildman–Crippen MR) is 78.5 cm³/mol. The fraction of sp³-hybridized carbons (Fsp3) is 0.500. The number of carbonyl (C=O) groups excluding carboxylic acids is 1. The molecule has 0 aliphatic carbocycles. The van der Waals surface area contributed by atoms with E-state index < -0.39 is 6.10 Å². The molecule has 0 saturated heterocycles. The summed E-state index contributed by atoms with van der Waals surface area (Å²) in [4.78, 5) is 11.8. The van der Waals surface area contributed by atoms with Gasteiger partial charge in [0.15, 0.2) is 6.10 Å². The molecule has 0 aliphatic heterocycles. The highest BCUT2D eigenvalue weighted by molar-refractivity contribution is 9.10. The molecule has 106 valence electrons. The summed E-state index contributed by atoms with van der Waals surface area (Å²) in [6.45, 7) is 4.97. The van der Waals surface area contributed by atoms with Crippen molar-refractivity contribution in [3.63, 3.8) is 0 Å². The summed E-state index contributed by atoms with van der Waals surface area (Å²) in [7, 11) is 1.64. The lowest BCUT2D eigenvalue weighted by Crippen LogP contribution is -2.37. The first-order chi connectivity index (χ1) is 9.04. The van der Waals surface area contributed by atoms with Crippen LogP contribution in [0.3, 0.4) is 0 Å². The minimum atomic E-state index is -0.526. The Bertz CT molecular complexity index is 423. The van der Waals surface area contributed by atoms with Crippen LogP contribution in [0.5, 0.6) is 5.75 Å². The van der Waals surface area contributed by atoms with Crippen LogP contribution in [0.4, 0.5) is 0 Å². The van der Waals surface area contributed by atoms with E-state index in [1.54, 1.807) is 14.0 Å². The molecule has 0 spiro atoms. The average molecular weight is 330 g/mol. The van der Waals surface area contributed by atoms with Crippen molar-refractivity contribution < 1.29 is 14.3 Å². The number of halogens is 1. The van der Waals surface area contributed by atoms with Crippen molar-refractivity contribution in [1.29, 1.82) is 0 Å². The van der Waals surface area contributed by atoms with Gasteiger partial charge >= 0.3 is 0 Å². The van der Waals surface area contributed by atoms with E-state index in [4.69, 9.17) is 9.47 Å². The van der Waals surface area contributed by atoms with E-state index in [1.807, 2.05) is 25.1 Å². The van der Waals surface area contributed by atoms with Gasteiger partial charge in [0, 0.05) is 20.3 Å².